The number of aromatic nitrogens is 3. The zero-order chi connectivity index (χ0) is 20.8. The second kappa shape index (κ2) is 9.43. The van der Waals surface area contributed by atoms with Gasteiger partial charge in [-0.25, -0.2) is 0 Å². The highest BCUT2D eigenvalue weighted by Gasteiger charge is 2.26. The Hall–Kier alpha value is -3.06. The lowest BCUT2D eigenvalue weighted by Gasteiger charge is -2.18. The highest BCUT2D eigenvalue weighted by Crippen LogP contribution is 2.36. The van der Waals surface area contributed by atoms with Gasteiger partial charge in [-0.3, -0.25) is 4.79 Å². The van der Waals surface area contributed by atoms with Gasteiger partial charge < -0.3 is 14.6 Å². The zero-order valence-electron chi connectivity index (χ0n) is 16.8. The number of benzene rings is 2. The number of methoxy groups -OCH3 is 1. The molecular formula is C22H24N4O2S. The summed E-state index contributed by atoms with van der Waals surface area (Å²) in [5.41, 5.74) is 2.56. The number of nitrogens with zero attached hydrogens (tertiary/aromatic N) is 3. The Morgan fingerprint density at radius 2 is 2.00 bits per heavy atom. The van der Waals surface area contributed by atoms with Crippen LogP contribution in [0.25, 0.3) is 0 Å². The predicted molar refractivity (Wildman–Crippen MR) is 116 cm³/mol. The van der Waals surface area contributed by atoms with E-state index in [1.54, 1.807) is 13.2 Å². The van der Waals surface area contributed by atoms with Crippen molar-refractivity contribution in [1.82, 2.24) is 14.8 Å². The number of carbonyl (C=O) groups excluding carboxylic acids is 1. The van der Waals surface area contributed by atoms with Crippen molar-refractivity contribution in [1.29, 1.82) is 0 Å². The van der Waals surface area contributed by atoms with Crippen LogP contribution in [-0.2, 0) is 11.3 Å². The number of allylic oxidation sites excluding steroid dienone is 1. The van der Waals surface area contributed by atoms with Crippen LogP contribution in [0, 0.1) is 13.8 Å². The van der Waals surface area contributed by atoms with Crippen LogP contribution >= 0.6 is 11.8 Å². The Labute approximate surface area is 175 Å². The Morgan fingerprint density at radius 3 is 2.69 bits per heavy atom. The van der Waals surface area contributed by atoms with E-state index in [4.69, 9.17) is 4.74 Å². The quantitative estimate of drug-likeness (QED) is 0.437. The number of carbonyl (C=O) groups is 1. The average molecular weight is 409 g/mol. The van der Waals surface area contributed by atoms with Crippen LogP contribution in [0.5, 0.6) is 5.75 Å². The summed E-state index contributed by atoms with van der Waals surface area (Å²) in [4.78, 5) is 13.3. The van der Waals surface area contributed by atoms with Crippen molar-refractivity contribution >= 4 is 23.4 Å². The SMILES string of the molecule is C=CCn1c(C)nnc1SC(C(=O)Nc1cc(C)ccc1OC)c1ccccc1. The number of nitrogens with one attached hydrogen (secondary N) is 1. The smallest absolute Gasteiger partial charge is 0.242 e. The topological polar surface area (TPSA) is 69.0 Å². The molecule has 6 nitrogen and oxygen atoms in total. The summed E-state index contributed by atoms with van der Waals surface area (Å²) < 4.78 is 7.34. The molecule has 0 aliphatic rings. The van der Waals surface area contributed by atoms with Crippen LogP contribution in [0.2, 0.25) is 0 Å². The maximum atomic E-state index is 13.3. The third kappa shape index (κ3) is 4.86. The summed E-state index contributed by atoms with van der Waals surface area (Å²) in [6.45, 7) is 8.23. The van der Waals surface area contributed by atoms with Gasteiger partial charge in [0, 0.05) is 6.54 Å². The molecule has 0 spiro atoms. The summed E-state index contributed by atoms with van der Waals surface area (Å²) >= 11 is 1.36. The molecule has 1 heterocycles. The van der Waals surface area contributed by atoms with Crippen molar-refractivity contribution in [2.75, 3.05) is 12.4 Å². The van der Waals surface area contributed by atoms with Crippen LogP contribution in [0.1, 0.15) is 22.2 Å². The van der Waals surface area contributed by atoms with E-state index in [1.807, 2.05) is 66.9 Å². The minimum absolute atomic E-state index is 0.157. The van der Waals surface area contributed by atoms with Gasteiger partial charge in [0.05, 0.1) is 12.8 Å². The maximum absolute atomic E-state index is 13.3. The Kier molecular flexibility index (Phi) is 6.72. The Bertz CT molecular complexity index is 1000. The number of ether oxygens (including phenoxy) is 1. The van der Waals surface area contributed by atoms with E-state index >= 15 is 0 Å². The second-order valence-corrected chi connectivity index (χ2v) is 7.60. The van der Waals surface area contributed by atoms with E-state index in [9.17, 15) is 4.79 Å². The number of aryl methyl sites for hydroxylation is 2. The molecule has 0 fully saturated rings. The highest BCUT2D eigenvalue weighted by atomic mass is 32.2. The van der Waals surface area contributed by atoms with E-state index in [-0.39, 0.29) is 5.91 Å². The van der Waals surface area contributed by atoms with Crippen molar-refractivity contribution in [3.63, 3.8) is 0 Å². The summed E-state index contributed by atoms with van der Waals surface area (Å²) in [6, 6.07) is 15.3. The number of rotatable bonds is 8. The number of hydrogen-bond acceptors (Lipinski definition) is 5. The van der Waals surface area contributed by atoms with E-state index in [0.717, 1.165) is 17.0 Å². The molecule has 2 aromatic carbocycles. The number of anilines is 1. The summed E-state index contributed by atoms with van der Waals surface area (Å²) in [5.74, 6) is 1.24. The van der Waals surface area contributed by atoms with Gasteiger partial charge in [0.2, 0.25) is 5.91 Å². The van der Waals surface area contributed by atoms with Gasteiger partial charge in [-0.15, -0.1) is 16.8 Å². The lowest BCUT2D eigenvalue weighted by atomic mass is 10.1. The van der Waals surface area contributed by atoms with Crippen LogP contribution in [0.3, 0.4) is 0 Å². The van der Waals surface area contributed by atoms with Crippen LogP contribution in [0.15, 0.2) is 66.3 Å². The average Bonchev–Trinajstić information content (AvgIpc) is 3.06. The minimum Gasteiger partial charge on any atom is -0.495 e. The first-order valence-electron chi connectivity index (χ1n) is 9.21. The molecule has 150 valence electrons. The van der Waals surface area contributed by atoms with Crippen molar-refractivity contribution < 1.29 is 9.53 Å². The van der Waals surface area contributed by atoms with Gasteiger partial charge in [-0.05, 0) is 37.1 Å². The fourth-order valence-electron chi connectivity index (χ4n) is 2.91. The fraction of sp³-hybridized carbons (Fsp3) is 0.227. The van der Waals surface area contributed by atoms with Gasteiger partial charge in [-0.2, -0.15) is 0 Å². The molecule has 29 heavy (non-hydrogen) atoms. The molecule has 0 aliphatic carbocycles. The third-order valence-corrected chi connectivity index (χ3v) is 5.62. The van der Waals surface area contributed by atoms with Crippen LogP contribution in [0.4, 0.5) is 5.69 Å². The summed E-state index contributed by atoms with van der Waals surface area (Å²) in [6.07, 6.45) is 1.79. The largest absolute Gasteiger partial charge is 0.495 e. The molecule has 1 amide bonds. The molecule has 0 radical (unpaired) electrons. The first kappa shape index (κ1) is 20.7. The third-order valence-electron chi connectivity index (χ3n) is 4.39. The van der Waals surface area contributed by atoms with Crippen molar-refractivity contribution in [3.05, 3.63) is 78.1 Å². The summed E-state index contributed by atoms with van der Waals surface area (Å²) in [7, 11) is 1.59. The molecule has 7 heteroatoms. The molecule has 0 bridgehead atoms. The van der Waals surface area contributed by atoms with Crippen molar-refractivity contribution in [2.45, 2.75) is 30.8 Å². The first-order chi connectivity index (χ1) is 14.0. The highest BCUT2D eigenvalue weighted by molar-refractivity contribution is 8.00. The van der Waals surface area contributed by atoms with E-state index in [2.05, 4.69) is 22.1 Å². The first-order valence-corrected chi connectivity index (χ1v) is 10.1. The van der Waals surface area contributed by atoms with E-state index in [1.165, 1.54) is 11.8 Å². The Balaban J connectivity index is 1.94. The molecule has 3 rings (SSSR count). The number of amides is 1. The van der Waals surface area contributed by atoms with E-state index < -0.39 is 5.25 Å². The summed E-state index contributed by atoms with van der Waals surface area (Å²) in [5, 5.41) is 11.6. The standard InChI is InChI=1S/C22H24N4O2S/c1-5-13-26-16(3)24-25-22(26)29-20(17-9-7-6-8-10-17)21(27)23-18-14-15(2)11-12-19(18)28-4/h5-12,14,20H,1,13H2,2-4H3,(H,23,27). The molecule has 0 saturated heterocycles. The second-order valence-electron chi connectivity index (χ2n) is 6.53. The fourth-order valence-corrected chi connectivity index (χ4v) is 4.00. The minimum atomic E-state index is -0.506. The monoisotopic (exact) mass is 408 g/mol. The van der Waals surface area contributed by atoms with E-state index in [0.29, 0.717) is 23.1 Å². The van der Waals surface area contributed by atoms with Gasteiger partial charge in [0.1, 0.15) is 16.8 Å². The molecule has 1 aromatic heterocycles. The lowest BCUT2D eigenvalue weighted by Crippen LogP contribution is -2.20. The van der Waals surface area contributed by atoms with Gasteiger partial charge in [0.25, 0.3) is 0 Å². The maximum Gasteiger partial charge on any atom is 0.242 e. The van der Waals surface area contributed by atoms with Gasteiger partial charge in [-0.1, -0.05) is 54.2 Å². The van der Waals surface area contributed by atoms with Crippen molar-refractivity contribution in [2.24, 2.45) is 0 Å². The molecule has 0 saturated carbocycles. The molecule has 1 atom stereocenters. The van der Waals surface area contributed by atoms with Crippen LogP contribution in [-0.4, -0.2) is 27.8 Å². The number of thioether (sulfide) groups is 1. The van der Waals surface area contributed by atoms with Crippen LogP contribution < -0.4 is 10.1 Å². The molecule has 3 aromatic rings. The molecular weight excluding hydrogens is 384 g/mol. The van der Waals surface area contributed by atoms with Crippen molar-refractivity contribution in [3.8, 4) is 5.75 Å². The normalized spacial score (nSPS) is 11.7. The lowest BCUT2D eigenvalue weighted by molar-refractivity contribution is -0.115. The molecule has 0 aliphatic heterocycles. The van der Waals surface area contributed by atoms with Gasteiger partial charge in [0.15, 0.2) is 5.16 Å². The Morgan fingerprint density at radius 1 is 1.24 bits per heavy atom. The van der Waals surface area contributed by atoms with Gasteiger partial charge >= 0.3 is 0 Å². The number of hydrogen-bond donors (Lipinski definition) is 1. The molecule has 1 unspecified atom stereocenters. The molecule has 1 N–H and O–H groups in total. The zero-order valence-corrected chi connectivity index (χ0v) is 17.6. The predicted octanol–water partition coefficient (Wildman–Crippen LogP) is 4.56.